The number of hydrazone groups is 1. The average Bonchev–Trinajstić information content (AvgIpc) is 2.73. The fourth-order valence-corrected chi connectivity index (χ4v) is 3.35. The zero-order valence-corrected chi connectivity index (χ0v) is 17.9. The summed E-state index contributed by atoms with van der Waals surface area (Å²) in [5.74, 6) is -0.775. The average molecular weight is 409 g/mol. The first kappa shape index (κ1) is 21.2. The zero-order chi connectivity index (χ0) is 21.8. The zero-order valence-electron chi connectivity index (χ0n) is 17.9. The number of likely N-dealkylation sites (N-methyl/N-ethyl adjacent to an activating group) is 1. The van der Waals surface area contributed by atoms with Crippen LogP contribution in [0.1, 0.15) is 25.6 Å². The summed E-state index contributed by atoms with van der Waals surface area (Å²) in [4.78, 5) is 27.3. The van der Waals surface area contributed by atoms with Crippen LogP contribution in [0.25, 0.3) is 0 Å². The molecule has 0 aliphatic carbocycles. The van der Waals surface area contributed by atoms with Crippen LogP contribution in [0.15, 0.2) is 59.7 Å². The van der Waals surface area contributed by atoms with E-state index in [4.69, 9.17) is 4.74 Å². The van der Waals surface area contributed by atoms with E-state index in [1.165, 1.54) is 16.9 Å². The summed E-state index contributed by atoms with van der Waals surface area (Å²) < 4.78 is 5.17. The van der Waals surface area contributed by atoms with Gasteiger partial charge in [0.1, 0.15) is 0 Å². The highest BCUT2D eigenvalue weighted by atomic mass is 16.5. The summed E-state index contributed by atoms with van der Waals surface area (Å²) in [5.41, 5.74) is 2.65. The SMILES string of the molecule is CCOC(=O)C1=NN(c2ccccc2)[C@@H](c2ccc(N(C)C)cc2)N(C(C)=O)N1C. The lowest BCUT2D eigenvalue weighted by molar-refractivity contribution is -0.147. The van der Waals surface area contributed by atoms with E-state index in [1.807, 2.05) is 73.6 Å². The number of nitrogens with zero attached hydrogens (tertiary/aromatic N) is 5. The van der Waals surface area contributed by atoms with Gasteiger partial charge in [0.05, 0.1) is 12.3 Å². The van der Waals surface area contributed by atoms with E-state index in [1.54, 1.807) is 19.0 Å². The fourth-order valence-electron chi connectivity index (χ4n) is 3.35. The van der Waals surface area contributed by atoms with Crippen LogP contribution in [0.5, 0.6) is 0 Å². The molecule has 0 saturated carbocycles. The van der Waals surface area contributed by atoms with Crippen LogP contribution in [0.3, 0.4) is 0 Å². The maximum absolute atomic E-state index is 12.7. The third kappa shape index (κ3) is 4.07. The van der Waals surface area contributed by atoms with Crippen molar-refractivity contribution in [3.63, 3.8) is 0 Å². The molecule has 0 fully saturated rings. The predicted molar refractivity (Wildman–Crippen MR) is 117 cm³/mol. The van der Waals surface area contributed by atoms with Gasteiger partial charge in [-0.05, 0) is 36.8 Å². The van der Waals surface area contributed by atoms with Gasteiger partial charge in [0.15, 0.2) is 6.17 Å². The molecule has 1 heterocycles. The van der Waals surface area contributed by atoms with Crippen molar-refractivity contribution in [2.24, 2.45) is 5.10 Å². The highest BCUT2D eigenvalue weighted by Crippen LogP contribution is 2.35. The molecule has 1 aliphatic heterocycles. The Labute approximate surface area is 176 Å². The first-order valence-corrected chi connectivity index (χ1v) is 9.75. The quantitative estimate of drug-likeness (QED) is 0.708. The molecule has 2 aromatic rings. The molecular formula is C22H27N5O3. The standard InChI is InChI=1S/C22H27N5O3/c1-6-30-22(29)20-23-26(19-10-8-7-9-11-19)21(27(16(2)28)25(20)5)17-12-14-18(15-13-17)24(3)4/h7-15,21H,6H2,1-5H3/t21-/m1/s1. The molecule has 2 aromatic carbocycles. The molecule has 1 amide bonds. The van der Waals surface area contributed by atoms with E-state index in [9.17, 15) is 9.59 Å². The number of ether oxygens (including phenoxy) is 1. The van der Waals surface area contributed by atoms with Gasteiger partial charge in [0.2, 0.25) is 5.91 Å². The topological polar surface area (TPSA) is 68.7 Å². The number of benzene rings is 2. The Morgan fingerprint density at radius 2 is 1.70 bits per heavy atom. The second-order valence-corrected chi connectivity index (χ2v) is 7.07. The first-order chi connectivity index (χ1) is 14.3. The normalized spacial score (nSPS) is 16.2. The minimum atomic E-state index is -0.589. The number of carbonyl (C=O) groups is 2. The molecule has 0 unspecified atom stereocenters. The molecule has 8 nitrogen and oxygen atoms in total. The van der Waals surface area contributed by atoms with Crippen LogP contribution in [0.4, 0.5) is 11.4 Å². The Morgan fingerprint density at radius 3 is 2.23 bits per heavy atom. The van der Waals surface area contributed by atoms with Gasteiger partial charge in [-0.3, -0.25) is 9.80 Å². The van der Waals surface area contributed by atoms with Gasteiger partial charge in [0, 0.05) is 33.8 Å². The third-order valence-electron chi connectivity index (χ3n) is 4.80. The van der Waals surface area contributed by atoms with E-state index < -0.39 is 12.1 Å². The number of hydrogen-bond donors (Lipinski definition) is 0. The number of rotatable bonds is 5. The van der Waals surface area contributed by atoms with Crippen LogP contribution < -0.4 is 9.91 Å². The summed E-state index contributed by atoms with van der Waals surface area (Å²) in [6.07, 6.45) is -0.565. The molecule has 30 heavy (non-hydrogen) atoms. The number of hydrogen-bond acceptors (Lipinski definition) is 7. The highest BCUT2D eigenvalue weighted by molar-refractivity contribution is 6.35. The van der Waals surface area contributed by atoms with Gasteiger partial charge >= 0.3 is 5.97 Å². The van der Waals surface area contributed by atoms with Crippen molar-refractivity contribution in [1.82, 2.24) is 10.0 Å². The Bertz CT molecular complexity index is 928. The van der Waals surface area contributed by atoms with E-state index in [0.29, 0.717) is 0 Å². The predicted octanol–water partition coefficient (Wildman–Crippen LogP) is 2.84. The minimum Gasteiger partial charge on any atom is -0.460 e. The van der Waals surface area contributed by atoms with E-state index in [-0.39, 0.29) is 18.3 Å². The number of amidine groups is 1. The van der Waals surface area contributed by atoms with E-state index >= 15 is 0 Å². The molecular weight excluding hydrogens is 382 g/mol. The summed E-state index contributed by atoms with van der Waals surface area (Å²) in [7, 11) is 5.58. The Morgan fingerprint density at radius 1 is 1.07 bits per heavy atom. The van der Waals surface area contributed by atoms with E-state index in [0.717, 1.165) is 16.9 Å². The molecule has 1 atom stereocenters. The summed E-state index contributed by atoms with van der Waals surface area (Å²) in [6.45, 7) is 3.41. The van der Waals surface area contributed by atoms with Crippen LogP contribution in [-0.4, -0.2) is 55.5 Å². The molecule has 0 radical (unpaired) electrons. The van der Waals surface area contributed by atoms with Gasteiger partial charge in [-0.15, -0.1) is 5.10 Å². The van der Waals surface area contributed by atoms with Crippen LogP contribution in [0.2, 0.25) is 0 Å². The number of carbonyl (C=O) groups excluding carboxylic acids is 2. The number of esters is 1. The van der Waals surface area contributed by atoms with Gasteiger partial charge in [-0.25, -0.2) is 14.8 Å². The van der Waals surface area contributed by atoms with Crippen molar-refractivity contribution in [2.75, 3.05) is 37.7 Å². The summed E-state index contributed by atoms with van der Waals surface area (Å²) >= 11 is 0. The monoisotopic (exact) mass is 409 g/mol. The molecule has 0 aromatic heterocycles. The second kappa shape index (κ2) is 8.86. The lowest BCUT2D eigenvalue weighted by atomic mass is 10.1. The Balaban J connectivity index is 2.16. The molecule has 0 bridgehead atoms. The van der Waals surface area contributed by atoms with Crippen molar-refractivity contribution < 1.29 is 14.3 Å². The van der Waals surface area contributed by atoms with Crippen LogP contribution >= 0.6 is 0 Å². The third-order valence-corrected chi connectivity index (χ3v) is 4.80. The van der Waals surface area contributed by atoms with Crippen molar-refractivity contribution in [2.45, 2.75) is 20.0 Å². The Hall–Kier alpha value is -3.55. The smallest absolute Gasteiger partial charge is 0.377 e. The second-order valence-electron chi connectivity index (χ2n) is 7.07. The van der Waals surface area contributed by atoms with Crippen molar-refractivity contribution >= 4 is 29.1 Å². The molecule has 158 valence electrons. The lowest BCUT2D eigenvalue weighted by Crippen LogP contribution is -2.58. The largest absolute Gasteiger partial charge is 0.460 e. The molecule has 0 saturated heterocycles. The van der Waals surface area contributed by atoms with Crippen LogP contribution in [0, 0.1) is 0 Å². The number of amides is 1. The number of para-hydroxylation sites is 1. The van der Waals surface area contributed by atoms with Crippen molar-refractivity contribution in [3.05, 3.63) is 60.2 Å². The first-order valence-electron chi connectivity index (χ1n) is 9.75. The van der Waals surface area contributed by atoms with Crippen molar-refractivity contribution in [1.29, 1.82) is 0 Å². The van der Waals surface area contributed by atoms with Gasteiger partial charge in [0.25, 0.3) is 5.84 Å². The number of anilines is 2. The Kier molecular flexibility index (Phi) is 6.25. The summed E-state index contributed by atoms with van der Waals surface area (Å²) in [6, 6.07) is 17.3. The number of hydrazine groups is 1. The molecule has 3 rings (SSSR count). The van der Waals surface area contributed by atoms with Crippen molar-refractivity contribution in [3.8, 4) is 0 Å². The maximum Gasteiger partial charge on any atom is 0.377 e. The lowest BCUT2D eigenvalue weighted by Gasteiger charge is -2.46. The molecule has 8 heteroatoms. The molecule has 0 N–H and O–H groups in total. The van der Waals surface area contributed by atoms with Gasteiger partial charge in [-0.1, -0.05) is 30.3 Å². The molecule has 0 spiro atoms. The highest BCUT2D eigenvalue weighted by Gasteiger charge is 2.40. The maximum atomic E-state index is 12.7. The van der Waals surface area contributed by atoms with Crippen LogP contribution in [-0.2, 0) is 14.3 Å². The van der Waals surface area contributed by atoms with Gasteiger partial charge < -0.3 is 9.64 Å². The minimum absolute atomic E-state index is 0.0389. The van der Waals surface area contributed by atoms with E-state index in [2.05, 4.69) is 5.10 Å². The summed E-state index contributed by atoms with van der Waals surface area (Å²) in [5, 5.41) is 9.25. The molecule has 1 aliphatic rings. The van der Waals surface area contributed by atoms with Gasteiger partial charge in [-0.2, -0.15) is 0 Å². The fraction of sp³-hybridized carbons (Fsp3) is 0.318.